The van der Waals surface area contributed by atoms with Crippen LogP contribution in [0.25, 0.3) is 0 Å². The van der Waals surface area contributed by atoms with Crippen LogP contribution in [-0.4, -0.2) is 51.5 Å². The van der Waals surface area contributed by atoms with Crippen molar-refractivity contribution in [2.75, 3.05) is 0 Å². The van der Waals surface area contributed by atoms with Gasteiger partial charge < -0.3 is 24.8 Å². The molecule has 2 spiro atoms. The third-order valence-electron chi connectivity index (χ3n) is 9.04. The van der Waals surface area contributed by atoms with Gasteiger partial charge in [-0.2, -0.15) is 0 Å². The Morgan fingerprint density at radius 1 is 1.19 bits per heavy atom. The standard InChI is InChI=1S/C20H26O6/c1-8-9-7-10(21)11-18-6-4-5-17(2,3)12(18)14(23)20(24)19(11,13(8)22)15(9)25-16(18)26-20/h9-12,14-16,21,23-24H,1,4-7H2,2-3H3/t9-,10-,11-,12+,14-,15-,16-,18?,19-,20?/m0/s1. The Hall–Kier alpha value is -0.790. The molecule has 4 aliphatic heterocycles. The number of aliphatic hydroxyl groups excluding tert-OH is 2. The van der Waals surface area contributed by atoms with Crippen LogP contribution in [0.2, 0.25) is 0 Å². The van der Waals surface area contributed by atoms with E-state index in [0.29, 0.717) is 12.0 Å². The van der Waals surface area contributed by atoms with Crippen LogP contribution in [0.4, 0.5) is 0 Å². The molecule has 6 heteroatoms. The van der Waals surface area contributed by atoms with E-state index in [-0.39, 0.29) is 23.0 Å². The van der Waals surface area contributed by atoms with E-state index in [1.165, 1.54) is 0 Å². The maximum Gasteiger partial charge on any atom is 0.211 e. The van der Waals surface area contributed by atoms with Crippen LogP contribution in [0, 0.1) is 34.0 Å². The zero-order valence-corrected chi connectivity index (χ0v) is 15.1. The SMILES string of the molecule is C=C1C(=O)[C@@]23[C@H]4O[C@H]5OC2(O)[C@@H](O)[C@@H]2C(C)(C)CCCC52[C@@H]3[C@@H](O)C[C@@H]14. The summed E-state index contributed by atoms with van der Waals surface area (Å²) < 4.78 is 12.3. The summed E-state index contributed by atoms with van der Waals surface area (Å²) in [5.74, 6) is -3.38. The number of rotatable bonds is 0. The van der Waals surface area contributed by atoms with Crippen LogP contribution in [0.1, 0.15) is 39.5 Å². The van der Waals surface area contributed by atoms with E-state index in [4.69, 9.17) is 9.47 Å². The first-order chi connectivity index (χ1) is 12.1. The monoisotopic (exact) mass is 362 g/mol. The Balaban J connectivity index is 1.70. The Labute approximate surface area is 152 Å². The lowest BCUT2D eigenvalue weighted by Gasteiger charge is -2.79. The van der Waals surface area contributed by atoms with Crippen LogP contribution in [0.3, 0.4) is 0 Å². The third kappa shape index (κ3) is 1.21. The van der Waals surface area contributed by atoms with Crippen LogP contribution >= 0.6 is 0 Å². The predicted octanol–water partition coefficient (Wildman–Crippen LogP) is 0.740. The molecule has 142 valence electrons. The summed E-state index contributed by atoms with van der Waals surface area (Å²) in [4.78, 5) is 13.5. The van der Waals surface area contributed by atoms with Gasteiger partial charge in [-0.05, 0) is 30.3 Å². The van der Waals surface area contributed by atoms with Crippen molar-refractivity contribution in [2.24, 2.45) is 34.0 Å². The largest absolute Gasteiger partial charge is 0.393 e. The van der Waals surface area contributed by atoms with Crippen LogP contribution in [0.5, 0.6) is 0 Å². The highest BCUT2D eigenvalue weighted by atomic mass is 16.8. The fourth-order valence-electron chi connectivity index (χ4n) is 8.49. The van der Waals surface area contributed by atoms with Crippen LogP contribution in [0.15, 0.2) is 12.2 Å². The molecule has 8 rings (SSSR count). The van der Waals surface area contributed by atoms with Crippen LogP contribution < -0.4 is 0 Å². The molecule has 26 heavy (non-hydrogen) atoms. The number of hydrogen-bond acceptors (Lipinski definition) is 6. The van der Waals surface area contributed by atoms with Crippen molar-refractivity contribution in [3.8, 4) is 0 Å². The molecular weight excluding hydrogens is 336 g/mol. The van der Waals surface area contributed by atoms with Crippen molar-refractivity contribution < 1.29 is 29.6 Å². The number of ether oxygens (including phenoxy) is 2. The van der Waals surface area contributed by atoms with Crippen molar-refractivity contribution in [2.45, 2.75) is 69.9 Å². The molecule has 7 bridgehead atoms. The highest BCUT2D eigenvalue weighted by Crippen LogP contribution is 2.81. The summed E-state index contributed by atoms with van der Waals surface area (Å²) >= 11 is 0. The van der Waals surface area contributed by atoms with E-state index in [1.54, 1.807) is 0 Å². The van der Waals surface area contributed by atoms with E-state index in [2.05, 4.69) is 20.4 Å². The molecule has 10 atom stereocenters. The lowest BCUT2D eigenvalue weighted by molar-refractivity contribution is -0.554. The van der Waals surface area contributed by atoms with Gasteiger partial charge in [-0.1, -0.05) is 26.8 Å². The topological polar surface area (TPSA) is 96.2 Å². The first-order valence-corrected chi connectivity index (χ1v) is 9.79. The van der Waals surface area contributed by atoms with Gasteiger partial charge in [0.15, 0.2) is 12.1 Å². The maximum absolute atomic E-state index is 13.5. The average molecular weight is 362 g/mol. The minimum Gasteiger partial charge on any atom is -0.393 e. The summed E-state index contributed by atoms with van der Waals surface area (Å²) in [6.07, 6.45) is -0.195. The molecule has 3 N–H and O–H groups in total. The summed E-state index contributed by atoms with van der Waals surface area (Å²) in [6.45, 7) is 8.16. The number of carbonyl (C=O) groups excluding carboxylic acids is 1. The molecule has 0 aromatic heterocycles. The Kier molecular flexibility index (Phi) is 2.57. The van der Waals surface area contributed by atoms with Gasteiger partial charge in [-0.25, -0.2) is 0 Å². The van der Waals surface area contributed by atoms with Crippen molar-refractivity contribution in [3.63, 3.8) is 0 Å². The zero-order chi connectivity index (χ0) is 18.4. The Bertz CT molecular complexity index is 761. The van der Waals surface area contributed by atoms with Crippen LogP contribution in [-0.2, 0) is 14.3 Å². The second kappa shape index (κ2) is 4.13. The molecule has 4 saturated heterocycles. The molecule has 0 radical (unpaired) electrons. The van der Waals surface area contributed by atoms with E-state index in [0.717, 1.165) is 19.3 Å². The second-order valence-corrected chi connectivity index (χ2v) is 10.2. The normalized spacial score (nSPS) is 64.0. The Morgan fingerprint density at radius 2 is 1.92 bits per heavy atom. The van der Waals surface area contributed by atoms with Crippen molar-refractivity contribution >= 4 is 5.78 Å². The van der Waals surface area contributed by atoms with Gasteiger partial charge in [0, 0.05) is 23.2 Å². The molecule has 0 amide bonds. The summed E-state index contributed by atoms with van der Waals surface area (Å²) in [6, 6.07) is 0. The van der Waals surface area contributed by atoms with Gasteiger partial charge in [0.2, 0.25) is 5.79 Å². The molecule has 2 unspecified atom stereocenters. The first kappa shape index (κ1) is 16.2. The van der Waals surface area contributed by atoms with Gasteiger partial charge >= 0.3 is 0 Å². The van der Waals surface area contributed by atoms with E-state index >= 15 is 0 Å². The van der Waals surface area contributed by atoms with Crippen molar-refractivity contribution in [3.05, 3.63) is 12.2 Å². The minimum atomic E-state index is -2.03. The lowest BCUT2D eigenvalue weighted by Crippen LogP contribution is -2.91. The van der Waals surface area contributed by atoms with Gasteiger partial charge in [0.1, 0.15) is 11.5 Å². The lowest BCUT2D eigenvalue weighted by atomic mass is 9.34. The average Bonchev–Trinajstić information content (AvgIpc) is 2.70. The quantitative estimate of drug-likeness (QED) is 0.550. The highest BCUT2D eigenvalue weighted by molar-refractivity contribution is 6.05. The number of carbonyl (C=O) groups is 1. The van der Waals surface area contributed by atoms with Gasteiger partial charge in [-0.15, -0.1) is 0 Å². The molecule has 8 fully saturated rings. The molecule has 4 aliphatic carbocycles. The van der Waals surface area contributed by atoms with Crippen molar-refractivity contribution in [1.82, 2.24) is 0 Å². The first-order valence-electron chi connectivity index (χ1n) is 9.79. The highest BCUT2D eigenvalue weighted by Gasteiger charge is 2.92. The second-order valence-electron chi connectivity index (χ2n) is 10.2. The fourth-order valence-corrected chi connectivity index (χ4v) is 8.49. The summed E-state index contributed by atoms with van der Waals surface area (Å²) in [5, 5.41) is 34.3. The molecule has 4 saturated carbocycles. The zero-order valence-electron chi connectivity index (χ0n) is 15.1. The van der Waals surface area contributed by atoms with E-state index in [9.17, 15) is 20.1 Å². The van der Waals surface area contributed by atoms with Crippen molar-refractivity contribution in [1.29, 1.82) is 0 Å². The summed E-state index contributed by atoms with van der Waals surface area (Å²) in [7, 11) is 0. The third-order valence-corrected chi connectivity index (χ3v) is 9.04. The number of hydrogen-bond donors (Lipinski definition) is 3. The molecule has 4 heterocycles. The van der Waals surface area contributed by atoms with E-state index < -0.39 is 47.1 Å². The molecule has 0 aromatic rings. The van der Waals surface area contributed by atoms with E-state index in [1.807, 2.05) is 0 Å². The van der Waals surface area contributed by atoms with Gasteiger partial charge in [0.25, 0.3) is 0 Å². The fraction of sp³-hybridized carbons (Fsp3) is 0.850. The predicted molar refractivity (Wildman–Crippen MR) is 88.4 cm³/mol. The maximum atomic E-state index is 13.5. The van der Waals surface area contributed by atoms with Gasteiger partial charge in [0.05, 0.1) is 12.2 Å². The molecule has 0 aromatic carbocycles. The molecule has 8 aliphatic rings. The van der Waals surface area contributed by atoms with Gasteiger partial charge in [-0.3, -0.25) is 4.79 Å². The number of Topliss-reactive ketones (excluding diaryl/α,β-unsaturated/α-hetero) is 1. The smallest absolute Gasteiger partial charge is 0.211 e. The summed E-state index contributed by atoms with van der Waals surface area (Å²) in [5.41, 5.74) is -1.95. The number of ketones is 1. The Morgan fingerprint density at radius 3 is 2.65 bits per heavy atom. The number of aliphatic hydroxyl groups is 3. The molecule has 6 nitrogen and oxygen atoms in total. The minimum absolute atomic E-state index is 0.249. The molecular formula is C20H26O6.